The molecule has 1 aliphatic rings. The summed E-state index contributed by atoms with van der Waals surface area (Å²) in [5, 5.41) is 13.1. The van der Waals surface area contributed by atoms with Crippen LogP contribution in [-0.4, -0.2) is 23.4 Å². The molecule has 1 unspecified atom stereocenters. The molecule has 31 heavy (non-hydrogen) atoms. The molecule has 2 heterocycles. The first-order valence-corrected chi connectivity index (χ1v) is 10.9. The van der Waals surface area contributed by atoms with E-state index in [1.54, 1.807) is 24.3 Å². The summed E-state index contributed by atoms with van der Waals surface area (Å²) in [6.07, 6.45) is 0. The van der Waals surface area contributed by atoms with E-state index in [1.807, 2.05) is 56.5 Å². The van der Waals surface area contributed by atoms with Gasteiger partial charge in [-0.25, -0.2) is 0 Å². The van der Waals surface area contributed by atoms with E-state index in [2.05, 4.69) is 0 Å². The Kier molecular flexibility index (Phi) is 5.65. The summed E-state index contributed by atoms with van der Waals surface area (Å²) in [7, 11) is 0. The van der Waals surface area contributed by atoms with Crippen molar-refractivity contribution in [1.82, 2.24) is 0 Å². The SMILES string of the molecule is CCOc1cccc(/C(O)=C2/C(=O)C(=O)N(c3cccc(C)c3)C2c2sccc2C)c1. The number of hydrogen-bond donors (Lipinski definition) is 1. The fourth-order valence-corrected chi connectivity index (χ4v) is 4.87. The summed E-state index contributed by atoms with van der Waals surface area (Å²) in [6.45, 7) is 6.23. The molecule has 1 N–H and O–H groups in total. The third-order valence-corrected chi connectivity index (χ3v) is 6.36. The van der Waals surface area contributed by atoms with Gasteiger partial charge in [-0.2, -0.15) is 0 Å². The van der Waals surface area contributed by atoms with Gasteiger partial charge in [-0.15, -0.1) is 11.3 Å². The second-order valence-electron chi connectivity index (χ2n) is 7.44. The van der Waals surface area contributed by atoms with E-state index in [1.165, 1.54) is 16.2 Å². The highest BCUT2D eigenvalue weighted by atomic mass is 32.1. The summed E-state index contributed by atoms with van der Waals surface area (Å²) in [6, 6.07) is 15.6. The van der Waals surface area contributed by atoms with E-state index < -0.39 is 17.7 Å². The predicted molar refractivity (Wildman–Crippen MR) is 123 cm³/mol. The summed E-state index contributed by atoms with van der Waals surface area (Å²) in [5.74, 6) is -0.958. The van der Waals surface area contributed by atoms with Crippen LogP contribution in [0.1, 0.15) is 34.5 Å². The number of ether oxygens (including phenoxy) is 1. The number of benzene rings is 2. The van der Waals surface area contributed by atoms with Crippen LogP contribution >= 0.6 is 11.3 Å². The predicted octanol–water partition coefficient (Wildman–Crippen LogP) is 5.39. The molecule has 1 amide bonds. The number of carbonyl (C=O) groups is 2. The number of ketones is 1. The second-order valence-corrected chi connectivity index (χ2v) is 8.38. The average Bonchev–Trinajstić information content (AvgIpc) is 3.28. The Hall–Kier alpha value is -3.38. The maximum Gasteiger partial charge on any atom is 0.300 e. The van der Waals surface area contributed by atoms with E-state index >= 15 is 0 Å². The van der Waals surface area contributed by atoms with Gasteiger partial charge in [0.15, 0.2) is 0 Å². The molecule has 1 aromatic heterocycles. The lowest BCUT2D eigenvalue weighted by Gasteiger charge is -2.25. The minimum Gasteiger partial charge on any atom is -0.507 e. The molecule has 0 radical (unpaired) electrons. The number of nitrogens with zero attached hydrogens (tertiary/aromatic N) is 1. The normalized spacial score (nSPS) is 17.9. The van der Waals surface area contributed by atoms with Crippen molar-refractivity contribution in [3.63, 3.8) is 0 Å². The molecule has 1 atom stereocenters. The smallest absolute Gasteiger partial charge is 0.300 e. The van der Waals surface area contributed by atoms with Crippen LogP contribution in [0.2, 0.25) is 0 Å². The zero-order valence-electron chi connectivity index (χ0n) is 17.6. The summed E-state index contributed by atoms with van der Waals surface area (Å²) < 4.78 is 5.54. The minimum absolute atomic E-state index is 0.0886. The van der Waals surface area contributed by atoms with Crippen molar-refractivity contribution in [3.05, 3.63) is 87.1 Å². The summed E-state index contributed by atoms with van der Waals surface area (Å²) in [5.41, 5.74) is 3.09. The number of amides is 1. The number of carbonyl (C=O) groups excluding carboxylic acids is 2. The van der Waals surface area contributed by atoms with Crippen LogP contribution in [0.3, 0.4) is 0 Å². The molecule has 1 fully saturated rings. The van der Waals surface area contributed by atoms with Crippen LogP contribution in [0.5, 0.6) is 5.75 Å². The van der Waals surface area contributed by atoms with Crippen molar-refractivity contribution >= 4 is 34.5 Å². The van der Waals surface area contributed by atoms with Gasteiger partial charge in [-0.05, 0) is 67.6 Å². The molecule has 158 valence electrons. The first-order chi connectivity index (χ1) is 14.9. The Bertz CT molecular complexity index is 1190. The molecule has 4 rings (SSSR count). The van der Waals surface area contributed by atoms with Gasteiger partial charge in [0.25, 0.3) is 11.7 Å². The van der Waals surface area contributed by atoms with Crippen molar-refractivity contribution in [3.8, 4) is 5.75 Å². The van der Waals surface area contributed by atoms with Crippen molar-refractivity contribution in [2.24, 2.45) is 0 Å². The minimum atomic E-state index is -0.697. The van der Waals surface area contributed by atoms with Crippen LogP contribution < -0.4 is 9.64 Å². The Morgan fingerprint density at radius 2 is 1.87 bits per heavy atom. The molecule has 0 spiro atoms. The molecule has 3 aromatic rings. The topological polar surface area (TPSA) is 66.8 Å². The summed E-state index contributed by atoms with van der Waals surface area (Å²) in [4.78, 5) is 28.7. The number of aliphatic hydroxyl groups excluding tert-OH is 1. The van der Waals surface area contributed by atoms with Gasteiger partial charge < -0.3 is 9.84 Å². The Labute approximate surface area is 185 Å². The fourth-order valence-electron chi connectivity index (χ4n) is 3.84. The van der Waals surface area contributed by atoms with Gasteiger partial charge in [0.2, 0.25) is 0 Å². The van der Waals surface area contributed by atoms with Gasteiger partial charge in [-0.3, -0.25) is 14.5 Å². The van der Waals surface area contributed by atoms with Crippen molar-refractivity contribution in [1.29, 1.82) is 0 Å². The van der Waals surface area contributed by atoms with Crippen molar-refractivity contribution < 1.29 is 19.4 Å². The fraction of sp³-hybridized carbons (Fsp3) is 0.200. The summed E-state index contributed by atoms with van der Waals surface area (Å²) >= 11 is 1.47. The van der Waals surface area contributed by atoms with Crippen LogP contribution in [0, 0.1) is 13.8 Å². The van der Waals surface area contributed by atoms with E-state index in [9.17, 15) is 14.7 Å². The Balaban J connectivity index is 1.93. The molecule has 0 saturated carbocycles. The van der Waals surface area contributed by atoms with Gasteiger partial charge in [0, 0.05) is 16.1 Å². The molecular weight excluding hydrogens is 410 g/mol. The van der Waals surface area contributed by atoms with E-state index in [0.717, 1.165) is 16.0 Å². The number of Topliss-reactive ketones (excluding diaryl/α,β-unsaturated/α-hetero) is 1. The number of aliphatic hydroxyl groups is 1. The molecule has 1 saturated heterocycles. The second kappa shape index (κ2) is 8.40. The van der Waals surface area contributed by atoms with Crippen molar-refractivity contribution in [2.45, 2.75) is 26.8 Å². The number of hydrogen-bond acceptors (Lipinski definition) is 5. The monoisotopic (exact) mass is 433 g/mol. The molecule has 2 aromatic carbocycles. The maximum absolute atomic E-state index is 13.2. The highest BCUT2D eigenvalue weighted by molar-refractivity contribution is 7.10. The molecule has 0 aliphatic carbocycles. The lowest BCUT2D eigenvalue weighted by Crippen LogP contribution is -2.29. The number of thiophene rings is 1. The Morgan fingerprint density at radius 1 is 1.10 bits per heavy atom. The molecule has 6 heteroatoms. The quantitative estimate of drug-likeness (QED) is 0.333. The highest BCUT2D eigenvalue weighted by Gasteiger charge is 2.47. The molecule has 5 nitrogen and oxygen atoms in total. The highest BCUT2D eigenvalue weighted by Crippen LogP contribution is 2.45. The lowest BCUT2D eigenvalue weighted by atomic mass is 9.98. The zero-order chi connectivity index (χ0) is 22.1. The number of rotatable bonds is 5. The molecule has 1 aliphatic heterocycles. The largest absolute Gasteiger partial charge is 0.507 e. The van der Waals surface area contributed by atoms with Crippen LogP contribution in [0.4, 0.5) is 5.69 Å². The van der Waals surface area contributed by atoms with E-state index in [0.29, 0.717) is 23.6 Å². The van der Waals surface area contributed by atoms with E-state index in [4.69, 9.17) is 4.74 Å². The standard InChI is InChI=1S/C25H23NO4S/c1-4-30-19-10-6-8-17(14-19)22(27)20-21(24-16(3)11-12-31-24)26(25(29)23(20)28)18-9-5-7-15(2)13-18/h5-14,21,27H,4H2,1-3H3/b22-20-. The maximum atomic E-state index is 13.2. The van der Waals surface area contributed by atoms with Crippen LogP contribution in [-0.2, 0) is 9.59 Å². The zero-order valence-corrected chi connectivity index (χ0v) is 18.4. The average molecular weight is 434 g/mol. The van der Waals surface area contributed by atoms with Crippen molar-refractivity contribution in [2.75, 3.05) is 11.5 Å². The van der Waals surface area contributed by atoms with Crippen LogP contribution in [0.15, 0.2) is 65.6 Å². The molecule has 0 bridgehead atoms. The first kappa shape index (κ1) is 20.9. The molecular formula is C25H23NO4S. The number of anilines is 1. The van der Waals surface area contributed by atoms with E-state index in [-0.39, 0.29) is 11.3 Å². The van der Waals surface area contributed by atoms with Gasteiger partial charge in [0.1, 0.15) is 17.6 Å². The lowest BCUT2D eigenvalue weighted by molar-refractivity contribution is -0.132. The van der Waals surface area contributed by atoms with Gasteiger partial charge in [0.05, 0.1) is 12.2 Å². The third kappa shape index (κ3) is 3.75. The van der Waals surface area contributed by atoms with Gasteiger partial charge >= 0.3 is 0 Å². The third-order valence-electron chi connectivity index (χ3n) is 5.29. The van der Waals surface area contributed by atoms with Gasteiger partial charge in [-0.1, -0.05) is 24.3 Å². The Morgan fingerprint density at radius 3 is 2.55 bits per heavy atom. The number of aryl methyl sites for hydroxylation is 2. The van der Waals surface area contributed by atoms with Crippen LogP contribution in [0.25, 0.3) is 5.76 Å². The first-order valence-electron chi connectivity index (χ1n) is 10.1.